The summed E-state index contributed by atoms with van der Waals surface area (Å²) in [6.07, 6.45) is 13.0. The normalized spacial score (nSPS) is 34.2. The fourth-order valence-electron chi connectivity index (χ4n) is 5.09. The fourth-order valence-corrected chi connectivity index (χ4v) is 6.18. The SMILES string of the molecule is BrC(c1ccc(C2CCCCC2)cc1)C1C2CCCCC21. The number of alkyl halides is 1. The average molecular weight is 347 g/mol. The van der Waals surface area contributed by atoms with Crippen LogP contribution in [0.1, 0.15) is 79.7 Å². The van der Waals surface area contributed by atoms with Crippen molar-refractivity contribution >= 4 is 15.9 Å². The number of benzene rings is 1. The lowest BCUT2D eigenvalue weighted by atomic mass is 9.84. The van der Waals surface area contributed by atoms with Gasteiger partial charge in [0.25, 0.3) is 0 Å². The van der Waals surface area contributed by atoms with Crippen molar-refractivity contribution in [3.05, 3.63) is 35.4 Å². The van der Waals surface area contributed by atoms with Gasteiger partial charge in [0.1, 0.15) is 0 Å². The summed E-state index contributed by atoms with van der Waals surface area (Å²) in [5, 5.41) is 0. The Morgan fingerprint density at radius 2 is 1.33 bits per heavy atom. The molecule has 0 aromatic heterocycles. The van der Waals surface area contributed by atoms with E-state index in [2.05, 4.69) is 40.2 Å². The Labute approximate surface area is 137 Å². The maximum absolute atomic E-state index is 4.02. The first-order valence-corrected chi connectivity index (χ1v) is 10.00. The molecule has 3 atom stereocenters. The van der Waals surface area contributed by atoms with Crippen LogP contribution in [0, 0.1) is 17.8 Å². The summed E-state index contributed by atoms with van der Waals surface area (Å²) < 4.78 is 0. The highest BCUT2D eigenvalue weighted by molar-refractivity contribution is 9.09. The van der Waals surface area contributed by atoms with Gasteiger partial charge in [-0.05, 0) is 60.5 Å². The van der Waals surface area contributed by atoms with E-state index in [0.717, 1.165) is 23.7 Å². The minimum atomic E-state index is 0.603. The summed E-state index contributed by atoms with van der Waals surface area (Å²) in [5.74, 6) is 3.82. The van der Waals surface area contributed by atoms with Crippen LogP contribution < -0.4 is 0 Å². The van der Waals surface area contributed by atoms with E-state index in [0.29, 0.717) is 4.83 Å². The number of halogens is 1. The highest BCUT2D eigenvalue weighted by Gasteiger charge is 2.53. The van der Waals surface area contributed by atoms with Gasteiger partial charge in [-0.1, -0.05) is 72.3 Å². The Morgan fingerprint density at radius 1 is 0.762 bits per heavy atom. The van der Waals surface area contributed by atoms with Crippen molar-refractivity contribution in [1.82, 2.24) is 0 Å². The third-order valence-electron chi connectivity index (χ3n) is 6.39. The predicted octanol–water partition coefficient (Wildman–Crippen LogP) is 6.61. The summed E-state index contributed by atoms with van der Waals surface area (Å²) in [6.45, 7) is 0. The molecule has 0 radical (unpaired) electrons. The molecule has 1 heteroatoms. The van der Waals surface area contributed by atoms with Gasteiger partial charge in [0.15, 0.2) is 0 Å². The van der Waals surface area contributed by atoms with Gasteiger partial charge in [0.05, 0.1) is 0 Å². The first-order valence-electron chi connectivity index (χ1n) is 9.08. The molecular weight excluding hydrogens is 320 g/mol. The summed E-state index contributed by atoms with van der Waals surface area (Å²) in [4.78, 5) is 0.603. The van der Waals surface area contributed by atoms with Gasteiger partial charge in [-0.15, -0.1) is 0 Å². The summed E-state index contributed by atoms with van der Waals surface area (Å²) in [5.41, 5.74) is 3.11. The smallest absolute Gasteiger partial charge is 0.0429 e. The Morgan fingerprint density at radius 3 is 1.95 bits per heavy atom. The first-order chi connectivity index (χ1) is 10.3. The fraction of sp³-hybridized carbons (Fsp3) is 0.700. The Hall–Kier alpha value is -0.300. The Bertz CT molecular complexity index is 459. The zero-order valence-electron chi connectivity index (χ0n) is 12.9. The molecule has 21 heavy (non-hydrogen) atoms. The van der Waals surface area contributed by atoms with Crippen LogP contribution in [0.5, 0.6) is 0 Å². The van der Waals surface area contributed by atoms with E-state index in [4.69, 9.17) is 0 Å². The molecule has 3 saturated carbocycles. The van der Waals surface area contributed by atoms with Crippen LogP contribution in [-0.4, -0.2) is 0 Å². The lowest BCUT2D eigenvalue weighted by molar-refractivity contribution is 0.443. The molecule has 0 heterocycles. The van der Waals surface area contributed by atoms with Crippen LogP contribution >= 0.6 is 15.9 Å². The van der Waals surface area contributed by atoms with E-state index in [1.54, 1.807) is 5.56 Å². The van der Waals surface area contributed by atoms with Crippen molar-refractivity contribution in [3.63, 3.8) is 0 Å². The van der Waals surface area contributed by atoms with Gasteiger partial charge in [-0.2, -0.15) is 0 Å². The minimum absolute atomic E-state index is 0.603. The molecule has 4 rings (SSSR count). The van der Waals surface area contributed by atoms with Gasteiger partial charge in [-0.25, -0.2) is 0 Å². The average Bonchev–Trinajstić information content (AvgIpc) is 3.29. The van der Waals surface area contributed by atoms with Crippen LogP contribution in [0.2, 0.25) is 0 Å². The van der Waals surface area contributed by atoms with Gasteiger partial charge in [0, 0.05) is 4.83 Å². The van der Waals surface area contributed by atoms with E-state index in [1.165, 1.54) is 63.4 Å². The molecule has 0 spiro atoms. The van der Waals surface area contributed by atoms with Crippen LogP contribution in [0.15, 0.2) is 24.3 Å². The molecular formula is C20H27Br. The van der Waals surface area contributed by atoms with Crippen molar-refractivity contribution in [2.24, 2.45) is 17.8 Å². The standard InChI is InChI=1S/C20H27Br/c21-20(19-17-8-4-5-9-18(17)19)16-12-10-15(11-13-16)14-6-2-1-3-7-14/h10-14,17-20H,1-9H2. The molecule has 0 nitrogen and oxygen atoms in total. The van der Waals surface area contributed by atoms with Crippen molar-refractivity contribution < 1.29 is 0 Å². The predicted molar refractivity (Wildman–Crippen MR) is 92.9 cm³/mol. The highest BCUT2D eigenvalue weighted by atomic mass is 79.9. The van der Waals surface area contributed by atoms with Gasteiger partial charge < -0.3 is 0 Å². The van der Waals surface area contributed by atoms with E-state index in [-0.39, 0.29) is 0 Å². The molecule has 0 amide bonds. The van der Waals surface area contributed by atoms with Crippen molar-refractivity contribution in [2.75, 3.05) is 0 Å². The van der Waals surface area contributed by atoms with E-state index >= 15 is 0 Å². The quantitative estimate of drug-likeness (QED) is 0.540. The van der Waals surface area contributed by atoms with E-state index in [9.17, 15) is 0 Å². The van der Waals surface area contributed by atoms with E-state index < -0.39 is 0 Å². The van der Waals surface area contributed by atoms with Crippen molar-refractivity contribution in [1.29, 1.82) is 0 Å². The zero-order chi connectivity index (χ0) is 14.2. The van der Waals surface area contributed by atoms with E-state index in [1.807, 2.05) is 0 Å². The van der Waals surface area contributed by atoms with Crippen molar-refractivity contribution in [2.45, 2.75) is 68.5 Å². The van der Waals surface area contributed by atoms with Crippen molar-refractivity contribution in [3.8, 4) is 0 Å². The molecule has 1 aromatic rings. The van der Waals surface area contributed by atoms with Crippen LogP contribution in [0.25, 0.3) is 0 Å². The maximum atomic E-state index is 4.02. The lowest BCUT2D eigenvalue weighted by Gasteiger charge is -2.22. The Kier molecular flexibility index (Phi) is 4.13. The molecule has 0 saturated heterocycles. The monoisotopic (exact) mass is 346 g/mol. The molecule has 3 unspecified atom stereocenters. The first kappa shape index (κ1) is 14.3. The topological polar surface area (TPSA) is 0 Å². The second-order valence-electron chi connectivity index (χ2n) is 7.59. The van der Waals surface area contributed by atoms with Gasteiger partial charge >= 0.3 is 0 Å². The lowest BCUT2D eigenvalue weighted by Crippen LogP contribution is -2.04. The third-order valence-corrected chi connectivity index (χ3v) is 7.53. The zero-order valence-corrected chi connectivity index (χ0v) is 14.5. The second-order valence-corrected chi connectivity index (χ2v) is 8.58. The summed E-state index contributed by atoms with van der Waals surface area (Å²) in [6, 6.07) is 9.67. The summed E-state index contributed by atoms with van der Waals surface area (Å²) >= 11 is 4.02. The highest BCUT2D eigenvalue weighted by Crippen LogP contribution is 2.62. The summed E-state index contributed by atoms with van der Waals surface area (Å²) in [7, 11) is 0. The number of hydrogen-bond acceptors (Lipinski definition) is 0. The van der Waals surface area contributed by atoms with Crippen LogP contribution in [-0.2, 0) is 0 Å². The molecule has 114 valence electrons. The van der Waals surface area contributed by atoms with Gasteiger partial charge in [0.2, 0.25) is 0 Å². The molecule has 3 aliphatic carbocycles. The molecule has 0 aliphatic heterocycles. The largest absolute Gasteiger partial charge is 0.0836 e. The van der Waals surface area contributed by atoms with Gasteiger partial charge in [-0.3, -0.25) is 0 Å². The minimum Gasteiger partial charge on any atom is -0.0836 e. The Balaban J connectivity index is 1.43. The maximum Gasteiger partial charge on any atom is 0.0429 e. The van der Waals surface area contributed by atoms with Crippen LogP contribution in [0.3, 0.4) is 0 Å². The van der Waals surface area contributed by atoms with Crippen LogP contribution in [0.4, 0.5) is 0 Å². The molecule has 1 aromatic carbocycles. The molecule has 3 fully saturated rings. The number of rotatable bonds is 3. The molecule has 0 N–H and O–H groups in total. The molecule has 0 bridgehead atoms. The third kappa shape index (κ3) is 2.83. The number of hydrogen-bond donors (Lipinski definition) is 0. The molecule has 3 aliphatic rings. The second kappa shape index (κ2) is 6.07. The number of fused-ring (bicyclic) bond motifs is 1.